The topological polar surface area (TPSA) is 84.9 Å². The number of amides is 1. The maximum atomic E-state index is 12.8. The van der Waals surface area contributed by atoms with E-state index in [4.69, 9.17) is 9.47 Å². The number of aryl methyl sites for hydroxylation is 2. The summed E-state index contributed by atoms with van der Waals surface area (Å²) in [6, 6.07) is 11.0. The quantitative estimate of drug-likeness (QED) is 0.708. The second-order valence-corrected chi connectivity index (χ2v) is 10.2. The summed E-state index contributed by atoms with van der Waals surface area (Å²) in [4.78, 5) is 12.8. The third kappa shape index (κ3) is 4.63. The molecule has 2 aromatic carbocycles. The van der Waals surface area contributed by atoms with Crippen LogP contribution in [0.25, 0.3) is 0 Å². The minimum Gasteiger partial charge on any atom is -0.454 e. The molecule has 0 aromatic heterocycles. The van der Waals surface area contributed by atoms with Crippen LogP contribution < -0.4 is 19.1 Å². The van der Waals surface area contributed by atoms with E-state index < -0.39 is 10.0 Å². The molecule has 31 heavy (non-hydrogen) atoms. The number of ether oxygens (including phenoxy) is 2. The Labute approximate surface area is 183 Å². The molecule has 1 atom stereocenters. The van der Waals surface area contributed by atoms with Crippen molar-refractivity contribution in [3.8, 4) is 11.5 Å². The molecular weight excluding hydrogens is 416 g/mol. The van der Waals surface area contributed by atoms with Gasteiger partial charge in [0, 0.05) is 6.07 Å². The molecule has 1 aliphatic carbocycles. The molecule has 4 rings (SSSR count). The summed E-state index contributed by atoms with van der Waals surface area (Å²) in [6.45, 7) is 3.27. The average molecular weight is 445 g/mol. The monoisotopic (exact) mass is 444 g/mol. The van der Waals surface area contributed by atoms with Crippen molar-refractivity contribution >= 4 is 21.6 Å². The molecule has 0 saturated heterocycles. The summed E-state index contributed by atoms with van der Waals surface area (Å²) in [5, 5.41) is 2.95. The molecular formula is C23H28N2O5S. The molecule has 0 bridgehead atoms. The van der Waals surface area contributed by atoms with E-state index in [1.807, 2.05) is 13.0 Å². The van der Waals surface area contributed by atoms with Crippen LogP contribution in [0, 0.1) is 0 Å². The zero-order chi connectivity index (χ0) is 22.0. The molecule has 1 aliphatic heterocycles. The van der Waals surface area contributed by atoms with Crippen LogP contribution in [0.3, 0.4) is 0 Å². The summed E-state index contributed by atoms with van der Waals surface area (Å²) in [5.41, 5.74) is 4.14. The number of rotatable bonds is 7. The van der Waals surface area contributed by atoms with Gasteiger partial charge in [-0.2, -0.15) is 0 Å². The largest absolute Gasteiger partial charge is 0.454 e. The summed E-state index contributed by atoms with van der Waals surface area (Å²) in [7, 11) is -3.66. The number of hydrogen-bond donors (Lipinski definition) is 1. The van der Waals surface area contributed by atoms with Gasteiger partial charge < -0.3 is 14.8 Å². The number of sulfonamides is 1. The van der Waals surface area contributed by atoms with Gasteiger partial charge in [-0.15, -0.1) is 0 Å². The predicted octanol–water partition coefficient (Wildman–Crippen LogP) is 3.33. The Balaban J connectivity index is 1.50. The summed E-state index contributed by atoms with van der Waals surface area (Å²) >= 11 is 0. The van der Waals surface area contributed by atoms with Crippen molar-refractivity contribution in [3.63, 3.8) is 0 Å². The molecule has 166 valence electrons. The summed E-state index contributed by atoms with van der Waals surface area (Å²) in [6.07, 6.45) is 4.59. The Kier molecular flexibility index (Phi) is 6.09. The van der Waals surface area contributed by atoms with Gasteiger partial charge in [0.15, 0.2) is 11.5 Å². The highest BCUT2D eigenvalue weighted by Gasteiger charge is 2.26. The first kappa shape index (κ1) is 21.5. The lowest BCUT2D eigenvalue weighted by molar-refractivity contribution is -0.120. The molecule has 0 unspecified atom stereocenters. The molecule has 7 nitrogen and oxygen atoms in total. The maximum absolute atomic E-state index is 12.8. The van der Waals surface area contributed by atoms with E-state index in [-0.39, 0.29) is 31.0 Å². The molecule has 0 saturated carbocycles. The van der Waals surface area contributed by atoms with Crippen molar-refractivity contribution in [3.05, 3.63) is 53.1 Å². The van der Waals surface area contributed by atoms with E-state index in [2.05, 4.69) is 17.4 Å². The van der Waals surface area contributed by atoms with Crippen LogP contribution in [0.4, 0.5) is 5.69 Å². The maximum Gasteiger partial charge on any atom is 0.241 e. The molecule has 1 N–H and O–H groups in total. The minimum atomic E-state index is -3.66. The highest BCUT2D eigenvalue weighted by Crippen LogP contribution is 2.36. The molecule has 0 radical (unpaired) electrons. The molecule has 8 heteroatoms. The fourth-order valence-corrected chi connectivity index (χ4v) is 5.13. The minimum absolute atomic E-state index is 0.0953. The molecule has 1 amide bonds. The smallest absolute Gasteiger partial charge is 0.241 e. The zero-order valence-electron chi connectivity index (χ0n) is 17.9. The number of fused-ring (bicyclic) bond motifs is 2. The second kappa shape index (κ2) is 8.78. The number of carbonyl (C=O) groups is 1. The zero-order valence-corrected chi connectivity index (χ0v) is 18.7. The van der Waals surface area contributed by atoms with Crippen LogP contribution in [0.2, 0.25) is 0 Å². The van der Waals surface area contributed by atoms with Gasteiger partial charge in [0.05, 0.1) is 17.5 Å². The van der Waals surface area contributed by atoms with Gasteiger partial charge in [-0.05, 0) is 68.4 Å². The highest BCUT2D eigenvalue weighted by molar-refractivity contribution is 7.92. The van der Waals surface area contributed by atoms with Gasteiger partial charge >= 0.3 is 0 Å². The Morgan fingerprint density at radius 3 is 2.58 bits per heavy atom. The van der Waals surface area contributed by atoms with Gasteiger partial charge in [-0.25, -0.2) is 8.42 Å². The lowest BCUT2D eigenvalue weighted by Crippen LogP contribution is -2.42. The standard InChI is InChI=1S/C23H28N2O5S/c1-3-31(27,28)25(20-10-11-21-22(13-20)30-15-29-21)14-23(26)24-16(2)18-9-8-17-6-4-5-7-19(17)12-18/h8-13,16H,3-7,14-15H2,1-2H3,(H,24,26)/t16-/m0/s1. The second-order valence-electron chi connectivity index (χ2n) is 7.97. The molecule has 0 fully saturated rings. The van der Waals surface area contributed by atoms with Crippen LogP contribution in [-0.4, -0.2) is 33.4 Å². The number of carbonyl (C=O) groups excluding carboxylic acids is 1. The molecule has 2 aliphatic rings. The number of nitrogens with zero attached hydrogens (tertiary/aromatic N) is 1. The van der Waals surface area contributed by atoms with Crippen molar-refractivity contribution in [2.75, 3.05) is 23.4 Å². The Morgan fingerprint density at radius 1 is 1.06 bits per heavy atom. The molecule has 1 heterocycles. The predicted molar refractivity (Wildman–Crippen MR) is 119 cm³/mol. The van der Waals surface area contributed by atoms with Crippen LogP contribution in [-0.2, 0) is 27.7 Å². The Bertz CT molecular complexity index is 1080. The number of hydrogen-bond acceptors (Lipinski definition) is 5. The van der Waals surface area contributed by atoms with Gasteiger partial charge in [0.1, 0.15) is 6.54 Å². The average Bonchev–Trinajstić information content (AvgIpc) is 3.25. The van der Waals surface area contributed by atoms with Gasteiger partial charge in [-0.3, -0.25) is 9.10 Å². The van der Waals surface area contributed by atoms with E-state index in [1.54, 1.807) is 25.1 Å². The summed E-state index contributed by atoms with van der Waals surface area (Å²) in [5.74, 6) is 0.550. The van der Waals surface area contributed by atoms with Crippen LogP contribution in [0.5, 0.6) is 11.5 Å². The fraction of sp³-hybridized carbons (Fsp3) is 0.435. The highest BCUT2D eigenvalue weighted by atomic mass is 32.2. The number of benzene rings is 2. The first-order valence-corrected chi connectivity index (χ1v) is 12.3. The Hall–Kier alpha value is -2.74. The van der Waals surface area contributed by atoms with Crippen LogP contribution in [0.15, 0.2) is 36.4 Å². The van der Waals surface area contributed by atoms with Crippen molar-refractivity contribution in [2.45, 2.75) is 45.6 Å². The van der Waals surface area contributed by atoms with E-state index in [0.29, 0.717) is 17.2 Å². The van der Waals surface area contributed by atoms with Crippen molar-refractivity contribution in [1.82, 2.24) is 5.32 Å². The van der Waals surface area contributed by atoms with E-state index in [9.17, 15) is 13.2 Å². The van der Waals surface area contributed by atoms with E-state index >= 15 is 0 Å². The normalized spacial score (nSPS) is 15.8. The van der Waals surface area contributed by atoms with Gasteiger partial charge in [0.25, 0.3) is 0 Å². The molecule has 0 spiro atoms. The first-order valence-electron chi connectivity index (χ1n) is 10.7. The lowest BCUT2D eigenvalue weighted by atomic mass is 9.89. The van der Waals surface area contributed by atoms with Crippen LogP contribution in [0.1, 0.15) is 49.4 Å². The SMILES string of the molecule is CCS(=O)(=O)N(CC(=O)N[C@@H](C)c1ccc2c(c1)CCCC2)c1ccc2c(c1)OCO2. The van der Waals surface area contributed by atoms with E-state index in [0.717, 1.165) is 22.7 Å². The number of anilines is 1. The van der Waals surface area contributed by atoms with Crippen molar-refractivity contribution < 1.29 is 22.7 Å². The third-order valence-electron chi connectivity index (χ3n) is 5.88. The third-order valence-corrected chi connectivity index (χ3v) is 7.62. The fourth-order valence-electron chi connectivity index (χ4n) is 4.07. The van der Waals surface area contributed by atoms with Gasteiger partial charge in [-0.1, -0.05) is 18.2 Å². The Morgan fingerprint density at radius 2 is 1.81 bits per heavy atom. The first-order chi connectivity index (χ1) is 14.9. The number of nitrogens with one attached hydrogen (secondary N) is 1. The van der Waals surface area contributed by atoms with Gasteiger partial charge in [0.2, 0.25) is 22.7 Å². The van der Waals surface area contributed by atoms with Crippen LogP contribution >= 0.6 is 0 Å². The van der Waals surface area contributed by atoms with Crippen molar-refractivity contribution in [1.29, 1.82) is 0 Å². The molecule has 2 aromatic rings. The summed E-state index contributed by atoms with van der Waals surface area (Å²) < 4.78 is 37.2. The van der Waals surface area contributed by atoms with E-state index in [1.165, 1.54) is 24.0 Å². The lowest BCUT2D eigenvalue weighted by Gasteiger charge is -2.25. The van der Waals surface area contributed by atoms with Crippen molar-refractivity contribution in [2.24, 2.45) is 0 Å².